The number of hydrogen-bond acceptors (Lipinski definition) is 6. The SMILES string of the molecule is O=C(Cn1cccn1)Nc1ccc(Nc2cc(-n3cccn3)ncn2)cc1. The van der Waals surface area contributed by atoms with E-state index in [1.54, 1.807) is 40.1 Å². The Bertz CT molecular complexity index is 1010. The van der Waals surface area contributed by atoms with Crippen LogP contribution in [0.15, 0.2) is 73.6 Å². The number of aromatic nitrogens is 6. The molecule has 4 rings (SSSR count). The van der Waals surface area contributed by atoms with E-state index in [0.29, 0.717) is 17.3 Å². The predicted octanol–water partition coefficient (Wildman–Crippen LogP) is 2.24. The molecule has 3 aromatic heterocycles. The summed E-state index contributed by atoms with van der Waals surface area (Å²) in [6.45, 7) is 0.171. The predicted molar refractivity (Wildman–Crippen MR) is 99.7 cm³/mol. The Labute approximate surface area is 154 Å². The lowest BCUT2D eigenvalue weighted by Crippen LogP contribution is -2.18. The molecule has 0 aliphatic heterocycles. The fourth-order valence-electron chi connectivity index (χ4n) is 2.47. The van der Waals surface area contributed by atoms with Crippen molar-refractivity contribution in [2.45, 2.75) is 6.54 Å². The Morgan fingerprint density at radius 1 is 0.963 bits per heavy atom. The van der Waals surface area contributed by atoms with E-state index in [2.05, 4.69) is 30.8 Å². The van der Waals surface area contributed by atoms with Crippen LogP contribution in [0.3, 0.4) is 0 Å². The van der Waals surface area contributed by atoms with Crippen LogP contribution in [0, 0.1) is 0 Å². The van der Waals surface area contributed by atoms with E-state index in [4.69, 9.17) is 0 Å². The first kappa shape index (κ1) is 16.5. The summed E-state index contributed by atoms with van der Waals surface area (Å²) in [5.74, 6) is 1.17. The molecule has 0 aliphatic rings. The Balaban J connectivity index is 1.39. The molecule has 0 unspecified atom stereocenters. The molecule has 134 valence electrons. The second-order valence-electron chi connectivity index (χ2n) is 5.67. The smallest absolute Gasteiger partial charge is 0.246 e. The van der Waals surface area contributed by atoms with Gasteiger partial charge in [-0.1, -0.05) is 0 Å². The molecule has 0 spiro atoms. The van der Waals surface area contributed by atoms with Crippen LogP contribution in [0.1, 0.15) is 0 Å². The maximum atomic E-state index is 12.0. The molecule has 0 radical (unpaired) electrons. The lowest BCUT2D eigenvalue weighted by Gasteiger charge is -2.09. The van der Waals surface area contributed by atoms with Crippen molar-refractivity contribution in [3.63, 3.8) is 0 Å². The number of benzene rings is 1. The Morgan fingerprint density at radius 2 is 1.74 bits per heavy atom. The van der Waals surface area contributed by atoms with E-state index in [9.17, 15) is 4.79 Å². The molecule has 27 heavy (non-hydrogen) atoms. The number of hydrogen-bond donors (Lipinski definition) is 2. The quantitative estimate of drug-likeness (QED) is 0.547. The van der Waals surface area contributed by atoms with Crippen molar-refractivity contribution in [2.24, 2.45) is 0 Å². The summed E-state index contributed by atoms with van der Waals surface area (Å²) in [6, 6.07) is 12.8. The second-order valence-corrected chi connectivity index (χ2v) is 5.67. The van der Waals surface area contributed by atoms with Gasteiger partial charge in [-0.25, -0.2) is 14.6 Å². The van der Waals surface area contributed by atoms with Crippen molar-refractivity contribution in [1.29, 1.82) is 0 Å². The number of rotatable bonds is 6. The third-order valence-electron chi connectivity index (χ3n) is 3.70. The van der Waals surface area contributed by atoms with E-state index < -0.39 is 0 Å². The lowest BCUT2D eigenvalue weighted by molar-refractivity contribution is -0.116. The molecule has 1 aromatic carbocycles. The van der Waals surface area contributed by atoms with Crippen molar-refractivity contribution < 1.29 is 4.79 Å². The highest BCUT2D eigenvalue weighted by Crippen LogP contribution is 2.18. The van der Waals surface area contributed by atoms with Gasteiger partial charge in [0.2, 0.25) is 5.91 Å². The zero-order valence-corrected chi connectivity index (χ0v) is 14.2. The Kier molecular flexibility index (Phi) is 4.56. The summed E-state index contributed by atoms with van der Waals surface area (Å²) in [4.78, 5) is 20.4. The van der Waals surface area contributed by atoms with Crippen LogP contribution in [-0.4, -0.2) is 35.4 Å². The first-order valence-electron chi connectivity index (χ1n) is 8.23. The topological polar surface area (TPSA) is 103 Å². The molecule has 0 fully saturated rings. The third-order valence-corrected chi connectivity index (χ3v) is 3.70. The van der Waals surface area contributed by atoms with Crippen LogP contribution < -0.4 is 10.6 Å². The molecule has 3 heterocycles. The van der Waals surface area contributed by atoms with Crippen molar-refractivity contribution in [1.82, 2.24) is 29.5 Å². The van der Waals surface area contributed by atoms with Gasteiger partial charge in [0.1, 0.15) is 18.7 Å². The molecule has 1 amide bonds. The number of amides is 1. The second kappa shape index (κ2) is 7.48. The van der Waals surface area contributed by atoms with Gasteiger partial charge in [0.05, 0.1) is 0 Å². The summed E-state index contributed by atoms with van der Waals surface area (Å²) >= 11 is 0. The summed E-state index contributed by atoms with van der Waals surface area (Å²) in [5.41, 5.74) is 1.54. The highest BCUT2D eigenvalue weighted by atomic mass is 16.2. The van der Waals surface area contributed by atoms with E-state index in [-0.39, 0.29) is 12.5 Å². The number of nitrogens with zero attached hydrogens (tertiary/aromatic N) is 6. The van der Waals surface area contributed by atoms with E-state index in [1.807, 2.05) is 36.5 Å². The first-order chi connectivity index (χ1) is 13.3. The zero-order chi connectivity index (χ0) is 18.5. The monoisotopic (exact) mass is 360 g/mol. The number of carbonyl (C=O) groups excluding carboxylic acids is 1. The average Bonchev–Trinajstić information content (AvgIpc) is 3.37. The minimum Gasteiger partial charge on any atom is -0.340 e. The van der Waals surface area contributed by atoms with E-state index in [1.165, 1.54) is 6.33 Å². The summed E-state index contributed by atoms with van der Waals surface area (Å²) in [7, 11) is 0. The Hall–Kier alpha value is -4.01. The van der Waals surface area contributed by atoms with Crippen molar-refractivity contribution in [2.75, 3.05) is 10.6 Å². The maximum Gasteiger partial charge on any atom is 0.246 e. The van der Waals surface area contributed by atoms with Crippen LogP contribution in [0.4, 0.5) is 17.2 Å². The van der Waals surface area contributed by atoms with Gasteiger partial charge in [-0.2, -0.15) is 10.2 Å². The van der Waals surface area contributed by atoms with Gasteiger partial charge in [0.25, 0.3) is 0 Å². The van der Waals surface area contributed by atoms with Gasteiger partial charge in [-0.3, -0.25) is 9.48 Å². The molecule has 9 heteroatoms. The molecule has 9 nitrogen and oxygen atoms in total. The normalized spacial score (nSPS) is 10.5. The van der Waals surface area contributed by atoms with Gasteiger partial charge in [0.15, 0.2) is 5.82 Å². The maximum absolute atomic E-state index is 12.0. The minimum absolute atomic E-state index is 0.140. The van der Waals surface area contributed by atoms with Crippen molar-refractivity contribution in [3.05, 3.63) is 73.6 Å². The van der Waals surface area contributed by atoms with Gasteiger partial charge >= 0.3 is 0 Å². The molecule has 0 saturated carbocycles. The summed E-state index contributed by atoms with van der Waals surface area (Å²) in [5, 5.41) is 14.2. The fourth-order valence-corrected chi connectivity index (χ4v) is 2.47. The van der Waals surface area contributed by atoms with Crippen LogP contribution in [-0.2, 0) is 11.3 Å². The highest BCUT2D eigenvalue weighted by Gasteiger charge is 2.05. The number of nitrogens with one attached hydrogen (secondary N) is 2. The average molecular weight is 360 g/mol. The molecule has 0 saturated heterocycles. The van der Waals surface area contributed by atoms with Gasteiger partial charge in [-0.15, -0.1) is 0 Å². The van der Waals surface area contributed by atoms with Gasteiger partial charge in [-0.05, 0) is 36.4 Å². The van der Waals surface area contributed by atoms with Crippen LogP contribution >= 0.6 is 0 Å². The molecular formula is C18H16N8O. The van der Waals surface area contributed by atoms with Crippen LogP contribution in [0.2, 0.25) is 0 Å². The molecular weight excluding hydrogens is 344 g/mol. The zero-order valence-electron chi connectivity index (χ0n) is 14.2. The largest absolute Gasteiger partial charge is 0.340 e. The molecule has 0 aliphatic carbocycles. The molecule has 4 aromatic rings. The third kappa shape index (κ3) is 4.15. The molecule has 0 atom stereocenters. The van der Waals surface area contributed by atoms with Crippen molar-refractivity contribution in [3.8, 4) is 5.82 Å². The number of carbonyl (C=O) groups is 1. The number of anilines is 3. The van der Waals surface area contributed by atoms with Gasteiger partial charge in [0, 0.05) is 42.2 Å². The first-order valence-corrected chi connectivity index (χ1v) is 8.23. The van der Waals surface area contributed by atoms with Crippen LogP contribution in [0.25, 0.3) is 5.82 Å². The molecule has 2 N–H and O–H groups in total. The van der Waals surface area contributed by atoms with Crippen LogP contribution in [0.5, 0.6) is 0 Å². The highest BCUT2D eigenvalue weighted by molar-refractivity contribution is 5.90. The standard InChI is InChI=1S/C18H16N8O/c27-18(12-25-9-1-7-21-25)24-15-5-3-14(4-6-15)23-16-11-17(20-13-19-16)26-10-2-8-22-26/h1-11,13H,12H2,(H,24,27)(H,19,20,23). The van der Waals surface area contributed by atoms with E-state index >= 15 is 0 Å². The van der Waals surface area contributed by atoms with Gasteiger partial charge < -0.3 is 10.6 Å². The summed E-state index contributed by atoms with van der Waals surface area (Å²) in [6.07, 6.45) is 8.36. The van der Waals surface area contributed by atoms with Crippen molar-refractivity contribution >= 4 is 23.1 Å². The summed E-state index contributed by atoms with van der Waals surface area (Å²) < 4.78 is 3.22. The molecule has 0 bridgehead atoms. The minimum atomic E-state index is -0.140. The van der Waals surface area contributed by atoms with E-state index in [0.717, 1.165) is 5.69 Å². The lowest BCUT2D eigenvalue weighted by atomic mass is 10.2. The Morgan fingerprint density at radius 3 is 2.48 bits per heavy atom. The fraction of sp³-hybridized carbons (Fsp3) is 0.0556.